The van der Waals surface area contributed by atoms with Gasteiger partial charge in [-0.1, -0.05) is 0 Å². The average Bonchev–Trinajstić information content (AvgIpc) is 2.71. The zero-order valence-electron chi connectivity index (χ0n) is 8.22. The summed E-state index contributed by atoms with van der Waals surface area (Å²) in [6, 6.07) is -0.438. The van der Waals surface area contributed by atoms with Crippen molar-refractivity contribution in [1.82, 2.24) is 15.2 Å². The van der Waals surface area contributed by atoms with Gasteiger partial charge in [0.2, 0.25) is 0 Å². The van der Waals surface area contributed by atoms with E-state index in [0.717, 1.165) is 19.6 Å². The number of aromatic nitrogens is 1. The molecule has 0 spiro atoms. The van der Waals surface area contributed by atoms with E-state index < -0.39 is 12.0 Å². The molecule has 6 heteroatoms. The van der Waals surface area contributed by atoms with Crippen molar-refractivity contribution >= 4 is 17.3 Å². The molecule has 0 saturated carbocycles. The van der Waals surface area contributed by atoms with Gasteiger partial charge in [-0.3, -0.25) is 14.7 Å². The van der Waals surface area contributed by atoms with Crippen LogP contribution >= 0.6 is 11.3 Å². The van der Waals surface area contributed by atoms with E-state index in [-0.39, 0.29) is 0 Å². The van der Waals surface area contributed by atoms with Crippen molar-refractivity contribution in [3.8, 4) is 0 Å². The second kappa shape index (κ2) is 4.69. The second-order valence-corrected chi connectivity index (χ2v) is 4.52. The number of hydrogen-bond acceptors (Lipinski definition) is 5. The summed E-state index contributed by atoms with van der Waals surface area (Å²) in [5.41, 5.74) is 1.80. The topological polar surface area (TPSA) is 65.5 Å². The first-order valence-electron chi connectivity index (χ1n) is 4.81. The Bertz CT molecular complexity index is 328. The molecule has 15 heavy (non-hydrogen) atoms. The fourth-order valence-corrected chi connectivity index (χ4v) is 2.30. The first-order valence-corrected chi connectivity index (χ1v) is 5.69. The zero-order valence-corrected chi connectivity index (χ0v) is 9.04. The van der Waals surface area contributed by atoms with Crippen LogP contribution in [0.25, 0.3) is 0 Å². The van der Waals surface area contributed by atoms with Crippen molar-refractivity contribution in [1.29, 1.82) is 0 Å². The van der Waals surface area contributed by atoms with E-state index >= 15 is 0 Å². The summed E-state index contributed by atoms with van der Waals surface area (Å²) in [6.45, 7) is 2.99. The smallest absolute Gasteiger partial charge is 0.322 e. The monoisotopic (exact) mass is 227 g/mol. The van der Waals surface area contributed by atoms with Gasteiger partial charge in [0, 0.05) is 37.3 Å². The van der Waals surface area contributed by atoms with Gasteiger partial charge in [-0.05, 0) is 0 Å². The van der Waals surface area contributed by atoms with Crippen LogP contribution in [0.2, 0.25) is 0 Å². The minimum absolute atomic E-state index is 0.438. The Hall–Kier alpha value is -0.980. The quantitative estimate of drug-likeness (QED) is 0.761. The van der Waals surface area contributed by atoms with E-state index in [2.05, 4.69) is 15.2 Å². The Morgan fingerprint density at radius 2 is 2.67 bits per heavy atom. The highest BCUT2D eigenvalue weighted by Gasteiger charge is 2.24. The van der Waals surface area contributed by atoms with Crippen LogP contribution < -0.4 is 5.32 Å². The molecule has 2 rings (SSSR count). The van der Waals surface area contributed by atoms with Crippen LogP contribution in [-0.4, -0.2) is 46.6 Å². The first-order chi connectivity index (χ1) is 7.25. The Labute approximate surface area is 91.7 Å². The van der Waals surface area contributed by atoms with Gasteiger partial charge in [0.25, 0.3) is 0 Å². The van der Waals surface area contributed by atoms with E-state index in [0.29, 0.717) is 6.54 Å². The molecule has 2 heterocycles. The number of aliphatic carboxylic acids is 1. The minimum atomic E-state index is -0.774. The predicted molar refractivity (Wildman–Crippen MR) is 56.8 cm³/mol. The van der Waals surface area contributed by atoms with Gasteiger partial charge in [-0.25, -0.2) is 0 Å². The average molecular weight is 227 g/mol. The zero-order chi connectivity index (χ0) is 10.7. The molecular weight excluding hydrogens is 214 g/mol. The highest BCUT2D eigenvalue weighted by molar-refractivity contribution is 7.09. The van der Waals surface area contributed by atoms with E-state index in [4.69, 9.17) is 5.11 Å². The van der Waals surface area contributed by atoms with Crippen LogP contribution in [0.5, 0.6) is 0 Å². The van der Waals surface area contributed by atoms with Gasteiger partial charge >= 0.3 is 5.97 Å². The molecule has 1 aromatic rings. The maximum atomic E-state index is 10.8. The van der Waals surface area contributed by atoms with Gasteiger partial charge < -0.3 is 10.4 Å². The predicted octanol–water partition coefficient (Wildman–Crippen LogP) is 0.00150. The Morgan fingerprint density at radius 3 is 3.33 bits per heavy atom. The number of nitrogens with zero attached hydrogens (tertiary/aromatic N) is 2. The summed E-state index contributed by atoms with van der Waals surface area (Å²) in [6.07, 6.45) is 1.84. The standard InChI is InChI=1S/C9H13N3O2S/c13-9(14)8-5-12(2-1-11-8)4-7-3-10-6-15-7/h3,6,8,11H,1-2,4-5H2,(H,13,14). The van der Waals surface area contributed by atoms with Crippen LogP contribution in [0.3, 0.4) is 0 Å². The number of piperazine rings is 1. The van der Waals surface area contributed by atoms with Crippen molar-refractivity contribution in [2.75, 3.05) is 19.6 Å². The lowest BCUT2D eigenvalue weighted by Gasteiger charge is -2.30. The lowest BCUT2D eigenvalue weighted by Crippen LogP contribution is -2.53. The summed E-state index contributed by atoms with van der Waals surface area (Å²) < 4.78 is 0. The van der Waals surface area contributed by atoms with Gasteiger partial charge in [0.05, 0.1) is 5.51 Å². The van der Waals surface area contributed by atoms with Crippen molar-refractivity contribution in [3.05, 3.63) is 16.6 Å². The number of hydrogen-bond donors (Lipinski definition) is 2. The minimum Gasteiger partial charge on any atom is -0.480 e. The van der Waals surface area contributed by atoms with E-state index in [1.807, 2.05) is 6.20 Å². The van der Waals surface area contributed by atoms with Crippen LogP contribution in [0.4, 0.5) is 0 Å². The summed E-state index contributed by atoms with van der Waals surface area (Å²) in [5.74, 6) is -0.774. The molecule has 82 valence electrons. The number of carbonyl (C=O) groups is 1. The number of thiazole rings is 1. The fourth-order valence-electron chi connectivity index (χ4n) is 1.66. The Morgan fingerprint density at radius 1 is 1.80 bits per heavy atom. The third-order valence-electron chi connectivity index (χ3n) is 2.42. The van der Waals surface area contributed by atoms with Crippen molar-refractivity contribution in [2.24, 2.45) is 0 Å². The van der Waals surface area contributed by atoms with Crippen molar-refractivity contribution in [3.63, 3.8) is 0 Å². The molecule has 1 aliphatic heterocycles. The normalized spacial score (nSPS) is 22.8. The number of nitrogens with one attached hydrogen (secondary N) is 1. The van der Waals surface area contributed by atoms with Crippen LogP contribution in [0.15, 0.2) is 11.7 Å². The molecule has 0 aliphatic carbocycles. The molecule has 2 N–H and O–H groups in total. The molecule has 1 saturated heterocycles. The molecule has 1 aromatic heterocycles. The number of rotatable bonds is 3. The van der Waals surface area contributed by atoms with Crippen molar-refractivity contribution in [2.45, 2.75) is 12.6 Å². The van der Waals surface area contributed by atoms with Crippen LogP contribution in [0, 0.1) is 0 Å². The Balaban J connectivity index is 1.90. The molecule has 1 aliphatic rings. The van der Waals surface area contributed by atoms with Gasteiger partial charge in [0.1, 0.15) is 6.04 Å². The third-order valence-corrected chi connectivity index (χ3v) is 3.18. The lowest BCUT2D eigenvalue weighted by atomic mass is 10.2. The van der Waals surface area contributed by atoms with Gasteiger partial charge in [-0.2, -0.15) is 0 Å². The lowest BCUT2D eigenvalue weighted by molar-refractivity contribution is -0.140. The van der Waals surface area contributed by atoms with E-state index in [9.17, 15) is 4.79 Å². The summed E-state index contributed by atoms with van der Waals surface area (Å²) >= 11 is 1.61. The molecule has 5 nitrogen and oxygen atoms in total. The Kier molecular flexibility index (Phi) is 3.30. The summed E-state index contributed by atoms with van der Waals surface area (Å²) in [4.78, 5) is 18.1. The highest BCUT2D eigenvalue weighted by Crippen LogP contribution is 2.11. The number of carboxylic acids is 1. The summed E-state index contributed by atoms with van der Waals surface area (Å²) in [7, 11) is 0. The molecule has 0 bridgehead atoms. The van der Waals surface area contributed by atoms with Crippen LogP contribution in [0.1, 0.15) is 4.88 Å². The molecule has 0 radical (unpaired) electrons. The number of carboxylic acid groups (broad SMARTS) is 1. The first kappa shape index (κ1) is 10.5. The van der Waals surface area contributed by atoms with E-state index in [1.165, 1.54) is 4.88 Å². The molecule has 0 aromatic carbocycles. The van der Waals surface area contributed by atoms with Gasteiger partial charge in [-0.15, -0.1) is 11.3 Å². The molecule has 0 amide bonds. The molecule has 1 unspecified atom stereocenters. The maximum absolute atomic E-state index is 10.8. The third kappa shape index (κ3) is 2.74. The highest BCUT2D eigenvalue weighted by atomic mass is 32.1. The van der Waals surface area contributed by atoms with Crippen LogP contribution in [-0.2, 0) is 11.3 Å². The maximum Gasteiger partial charge on any atom is 0.322 e. The van der Waals surface area contributed by atoms with Gasteiger partial charge in [0.15, 0.2) is 0 Å². The second-order valence-electron chi connectivity index (χ2n) is 3.55. The fraction of sp³-hybridized carbons (Fsp3) is 0.556. The molecular formula is C9H13N3O2S. The largest absolute Gasteiger partial charge is 0.480 e. The van der Waals surface area contributed by atoms with Crippen molar-refractivity contribution < 1.29 is 9.90 Å². The molecule has 1 atom stereocenters. The summed E-state index contributed by atoms with van der Waals surface area (Å²) in [5, 5.41) is 11.9. The molecule has 1 fully saturated rings. The van der Waals surface area contributed by atoms with E-state index in [1.54, 1.807) is 16.8 Å². The SMILES string of the molecule is O=C(O)C1CN(Cc2cncs2)CCN1.